The Bertz CT molecular complexity index is 754. The van der Waals surface area contributed by atoms with Gasteiger partial charge < -0.3 is 9.84 Å². The highest BCUT2D eigenvalue weighted by Crippen LogP contribution is 2.13. The van der Waals surface area contributed by atoms with Crippen LogP contribution in [0.15, 0.2) is 47.2 Å². The summed E-state index contributed by atoms with van der Waals surface area (Å²) in [7, 11) is 0. The van der Waals surface area contributed by atoms with Crippen molar-refractivity contribution < 1.29 is 9.32 Å². The van der Waals surface area contributed by atoms with Gasteiger partial charge >= 0.3 is 0 Å². The topological polar surface area (TPSA) is 73.0 Å². The van der Waals surface area contributed by atoms with E-state index in [-0.39, 0.29) is 5.91 Å². The lowest BCUT2D eigenvalue weighted by Gasteiger charge is -2.06. The molecule has 3 rings (SSSR count). The lowest BCUT2D eigenvalue weighted by atomic mass is 10.1. The summed E-state index contributed by atoms with van der Waals surface area (Å²) in [6.45, 7) is 3.93. The molecule has 112 valence electrons. The van der Waals surface area contributed by atoms with E-state index in [9.17, 15) is 4.79 Å². The largest absolute Gasteiger partial charge is 0.361 e. The van der Waals surface area contributed by atoms with E-state index in [0.717, 1.165) is 11.3 Å². The Labute approximate surface area is 127 Å². The Kier molecular flexibility index (Phi) is 3.74. The van der Waals surface area contributed by atoms with Crippen molar-refractivity contribution in [2.24, 2.45) is 0 Å². The molecule has 1 amide bonds. The highest BCUT2D eigenvalue weighted by Gasteiger charge is 2.16. The molecule has 0 radical (unpaired) electrons. The third-order valence-electron chi connectivity index (χ3n) is 3.42. The summed E-state index contributed by atoms with van der Waals surface area (Å²) in [5, 5.41) is 10.8. The Morgan fingerprint density at radius 3 is 2.64 bits per heavy atom. The number of hydrogen-bond acceptors (Lipinski definition) is 4. The lowest BCUT2D eigenvalue weighted by Crippen LogP contribution is -2.23. The van der Waals surface area contributed by atoms with Crippen LogP contribution in [-0.4, -0.2) is 20.8 Å². The fraction of sp³-hybridized carbons (Fsp3) is 0.188. The van der Waals surface area contributed by atoms with Crippen LogP contribution in [0.4, 0.5) is 0 Å². The average Bonchev–Trinajstić information content (AvgIpc) is 3.16. The summed E-state index contributed by atoms with van der Waals surface area (Å²) in [4.78, 5) is 12.1. The second-order valence-corrected chi connectivity index (χ2v) is 5.00. The molecule has 0 aliphatic rings. The summed E-state index contributed by atoms with van der Waals surface area (Å²) in [6.07, 6.45) is 3.62. The zero-order valence-electron chi connectivity index (χ0n) is 12.4. The number of hydrogen-bond donors (Lipinski definition) is 1. The van der Waals surface area contributed by atoms with Crippen molar-refractivity contribution in [2.45, 2.75) is 20.4 Å². The fourth-order valence-corrected chi connectivity index (χ4v) is 2.27. The van der Waals surface area contributed by atoms with E-state index in [1.165, 1.54) is 0 Å². The van der Waals surface area contributed by atoms with Gasteiger partial charge in [-0.15, -0.1) is 0 Å². The van der Waals surface area contributed by atoms with E-state index in [4.69, 9.17) is 4.52 Å². The molecule has 0 unspecified atom stereocenters. The number of aryl methyl sites for hydroxylation is 2. The molecular weight excluding hydrogens is 280 g/mol. The van der Waals surface area contributed by atoms with Crippen LogP contribution in [0, 0.1) is 13.8 Å². The molecule has 0 fully saturated rings. The number of rotatable bonds is 4. The third-order valence-corrected chi connectivity index (χ3v) is 3.42. The predicted molar refractivity (Wildman–Crippen MR) is 80.7 cm³/mol. The van der Waals surface area contributed by atoms with E-state index in [1.807, 2.05) is 36.5 Å². The molecule has 0 spiro atoms. The Morgan fingerprint density at radius 2 is 2.05 bits per heavy atom. The van der Waals surface area contributed by atoms with Crippen LogP contribution < -0.4 is 5.32 Å². The van der Waals surface area contributed by atoms with Crippen molar-refractivity contribution in [3.05, 3.63) is 65.3 Å². The van der Waals surface area contributed by atoms with Crippen molar-refractivity contribution in [3.8, 4) is 5.69 Å². The molecule has 0 atom stereocenters. The van der Waals surface area contributed by atoms with Crippen LogP contribution in [0.1, 0.15) is 27.4 Å². The number of amides is 1. The number of nitrogens with zero attached hydrogens (tertiary/aromatic N) is 3. The first-order valence-corrected chi connectivity index (χ1v) is 6.95. The Morgan fingerprint density at radius 1 is 1.27 bits per heavy atom. The molecule has 6 heteroatoms. The first-order chi connectivity index (χ1) is 10.6. The van der Waals surface area contributed by atoms with Crippen molar-refractivity contribution in [1.29, 1.82) is 0 Å². The second kappa shape index (κ2) is 5.85. The molecule has 0 aliphatic heterocycles. The highest BCUT2D eigenvalue weighted by molar-refractivity contribution is 5.96. The van der Waals surface area contributed by atoms with Crippen LogP contribution in [0.5, 0.6) is 0 Å². The highest BCUT2D eigenvalue weighted by atomic mass is 16.5. The molecule has 2 heterocycles. The number of carbonyl (C=O) groups excluding carboxylic acids is 1. The molecule has 1 aromatic carbocycles. The van der Waals surface area contributed by atoms with Gasteiger partial charge in [-0.2, -0.15) is 5.10 Å². The van der Waals surface area contributed by atoms with Gasteiger partial charge in [-0.05, 0) is 37.6 Å². The van der Waals surface area contributed by atoms with Gasteiger partial charge in [0.1, 0.15) is 11.3 Å². The number of carbonyl (C=O) groups is 1. The Hall–Kier alpha value is -2.89. The maximum absolute atomic E-state index is 12.1. The van der Waals surface area contributed by atoms with Crippen LogP contribution in [0.3, 0.4) is 0 Å². The number of nitrogens with one attached hydrogen (secondary N) is 1. The van der Waals surface area contributed by atoms with E-state index >= 15 is 0 Å². The van der Waals surface area contributed by atoms with E-state index in [2.05, 4.69) is 15.6 Å². The summed E-state index contributed by atoms with van der Waals surface area (Å²) in [5.41, 5.74) is 3.10. The third kappa shape index (κ3) is 2.76. The lowest BCUT2D eigenvalue weighted by molar-refractivity contribution is 0.0949. The van der Waals surface area contributed by atoms with Gasteiger partial charge in [0.05, 0.1) is 11.4 Å². The monoisotopic (exact) mass is 296 g/mol. The average molecular weight is 296 g/mol. The molecule has 0 aliphatic carbocycles. The van der Waals surface area contributed by atoms with Crippen LogP contribution in [0.25, 0.3) is 5.69 Å². The zero-order valence-corrected chi connectivity index (χ0v) is 12.4. The minimum atomic E-state index is -0.174. The van der Waals surface area contributed by atoms with Crippen molar-refractivity contribution in [3.63, 3.8) is 0 Å². The standard InChI is InChI=1S/C16H16N4O2/c1-11-15(12(2)22-19-11)16(21)17-10-13-4-6-14(7-5-13)20-9-3-8-18-20/h3-9H,10H2,1-2H3,(H,17,21). The van der Waals surface area contributed by atoms with E-state index in [1.54, 1.807) is 24.7 Å². The molecular formula is C16H16N4O2. The van der Waals surface area contributed by atoms with Crippen LogP contribution >= 0.6 is 0 Å². The summed E-state index contributed by atoms with van der Waals surface area (Å²) < 4.78 is 6.79. The SMILES string of the molecule is Cc1noc(C)c1C(=O)NCc1ccc(-n2cccn2)cc1. The summed E-state index contributed by atoms with van der Waals surface area (Å²) in [5.74, 6) is 0.358. The molecule has 22 heavy (non-hydrogen) atoms. The zero-order chi connectivity index (χ0) is 15.5. The molecule has 0 saturated carbocycles. The van der Waals surface area contributed by atoms with Gasteiger partial charge in [0.25, 0.3) is 5.91 Å². The second-order valence-electron chi connectivity index (χ2n) is 5.00. The molecule has 6 nitrogen and oxygen atoms in total. The number of benzene rings is 1. The minimum absolute atomic E-state index is 0.174. The van der Waals surface area contributed by atoms with Gasteiger partial charge in [-0.1, -0.05) is 17.3 Å². The van der Waals surface area contributed by atoms with E-state index in [0.29, 0.717) is 23.6 Å². The van der Waals surface area contributed by atoms with Gasteiger partial charge in [-0.3, -0.25) is 4.79 Å². The molecule has 0 bridgehead atoms. The first kappa shape index (κ1) is 14.1. The fourth-order valence-electron chi connectivity index (χ4n) is 2.27. The summed E-state index contributed by atoms with van der Waals surface area (Å²) in [6, 6.07) is 9.72. The van der Waals surface area contributed by atoms with Crippen molar-refractivity contribution in [1.82, 2.24) is 20.3 Å². The quantitative estimate of drug-likeness (QED) is 0.802. The van der Waals surface area contributed by atoms with Gasteiger partial charge in [0, 0.05) is 18.9 Å². The van der Waals surface area contributed by atoms with Crippen molar-refractivity contribution in [2.75, 3.05) is 0 Å². The van der Waals surface area contributed by atoms with Gasteiger partial charge in [0.15, 0.2) is 0 Å². The first-order valence-electron chi connectivity index (χ1n) is 6.95. The minimum Gasteiger partial charge on any atom is -0.361 e. The maximum Gasteiger partial charge on any atom is 0.257 e. The maximum atomic E-state index is 12.1. The smallest absolute Gasteiger partial charge is 0.257 e. The van der Waals surface area contributed by atoms with Crippen molar-refractivity contribution >= 4 is 5.91 Å². The molecule has 3 aromatic rings. The molecule has 0 saturated heterocycles. The normalized spacial score (nSPS) is 10.6. The molecule has 1 N–H and O–H groups in total. The van der Waals surface area contributed by atoms with Crippen LogP contribution in [-0.2, 0) is 6.54 Å². The van der Waals surface area contributed by atoms with E-state index < -0.39 is 0 Å². The summed E-state index contributed by atoms with van der Waals surface area (Å²) >= 11 is 0. The van der Waals surface area contributed by atoms with Gasteiger partial charge in [0.2, 0.25) is 0 Å². The predicted octanol–water partition coefficient (Wildman–Crippen LogP) is 2.41. The molecule has 2 aromatic heterocycles. The number of aromatic nitrogens is 3. The Balaban J connectivity index is 1.66. The van der Waals surface area contributed by atoms with Crippen LogP contribution in [0.2, 0.25) is 0 Å². The van der Waals surface area contributed by atoms with Gasteiger partial charge in [-0.25, -0.2) is 4.68 Å².